The van der Waals surface area contributed by atoms with E-state index in [1.807, 2.05) is 19.9 Å². The molecule has 0 heterocycles. The number of carbonyl (C=O) groups excluding carboxylic acids is 1. The summed E-state index contributed by atoms with van der Waals surface area (Å²) in [5.74, 6) is 0.147. The van der Waals surface area contributed by atoms with Crippen molar-refractivity contribution < 1.29 is 14.6 Å². The van der Waals surface area contributed by atoms with Gasteiger partial charge in [-0.3, -0.25) is 4.79 Å². The molecule has 1 amide bonds. The Morgan fingerprint density at radius 3 is 2.83 bits per heavy atom. The topological polar surface area (TPSA) is 70.9 Å². The zero-order chi connectivity index (χ0) is 16.8. The van der Waals surface area contributed by atoms with Gasteiger partial charge in [0.2, 0.25) is 0 Å². The molecular formula is C17H17BrN2O3. The number of aryl methyl sites for hydroxylation is 1. The fourth-order valence-corrected chi connectivity index (χ4v) is 2.23. The van der Waals surface area contributed by atoms with Crippen LogP contribution in [0.1, 0.15) is 28.4 Å². The van der Waals surface area contributed by atoms with Gasteiger partial charge in [-0.05, 0) is 55.3 Å². The van der Waals surface area contributed by atoms with Crippen LogP contribution in [-0.2, 0) is 0 Å². The maximum absolute atomic E-state index is 12.0. The number of ether oxygens (including phenoxy) is 1. The second-order valence-electron chi connectivity index (χ2n) is 4.82. The van der Waals surface area contributed by atoms with Gasteiger partial charge in [0.1, 0.15) is 0 Å². The molecule has 120 valence electrons. The molecule has 0 spiro atoms. The summed E-state index contributed by atoms with van der Waals surface area (Å²) < 4.78 is 6.16. The zero-order valence-corrected chi connectivity index (χ0v) is 14.4. The lowest BCUT2D eigenvalue weighted by Gasteiger charge is -2.06. The number of benzene rings is 2. The molecule has 0 aromatic heterocycles. The van der Waals surface area contributed by atoms with Gasteiger partial charge in [0, 0.05) is 10.0 Å². The van der Waals surface area contributed by atoms with Crippen molar-refractivity contribution in [1.82, 2.24) is 5.43 Å². The predicted molar refractivity (Wildman–Crippen MR) is 93.2 cm³/mol. The second kappa shape index (κ2) is 7.78. The van der Waals surface area contributed by atoms with Crippen LogP contribution in [0.4, 0.5) is 0 Å². The number of hydrogen-bond donors (Lipinski definition) is 2. The standard InChI is InChI=1S/C17H17BrN2O3/c1-3-23-16-8-12(5-7-15(16)21)10-19-20-17(22)13-6-4-11(2)14(18)9-13/h4-10,21H,3H2,1-2H3,(H,20,22). The monoisotopic (exact) mass is 376 g/mol. The Labute approximate surface area is 143 Å². The van der Waals surface area contributed by atoms with Gasteiger partial charge in [-0.1, -0.05) is 22.0 Å². The molecule has 2 rings (SSSR count). The first-order valence-corrected chi connectivity index (χ1v) is 7.86. The number of amides is 1. The molecule has 0 bridgehead atoms. The summed E-state index contributed by atoms with van der Waals surface area (Å²) in [5, 5.41) is 13.6. The maximum Gasteiger partial charge on any atom is 0.271 e. The molecule has 0 aliphatic rings. The number of phenols is 1. The molecule has 0 fully saturated rings. The summed E-state index contributed by atoms with van der Waals surface area (Å²) >= 11 is 3.39. The van der Waals surface area contributed by atoms with Crippen LogP contribution in [0.2, 0.25) is 0 Å². The van der Waals surface area contributed by atoms with Crippen molar-refractivity contribution in [3.05, 3.63) is 57.6 Å². The molecular weight excluding hydrogens is 360 g/mol. The van der Waals surface area contributed by atoms with E-state index in [0.29, 0.717) is 23.5 Å². The lowest BCUT2D eigenvalue weighted by atomic mass is 10.1. The van der Waals surface area contributed by atoms with Crippen molar-refractivity contribution in [2.75, 3.05) is 6.61 Å². The molecule has 0 unspecified atom stereocenters. The van der Waals surface area contributed by atoms with Gasteiger partial charge in [-0.25, -0.2) is 5.43 Å². The van der Waals surface area contributed by atoms with E-state index in [-0.39, 0.29) is 11.7 Å². The van der Waals surface area contributed by atoms with Crippen LogP contribution in [-0.4, -0.2) is 23.8 Å². The van der Waals surface area contributed by atoms with Crippen molar-refractivity contribution in [3.63, 3.8) is 0 Å². The van der Waals surface area contributed by atoms with E-state index in [0.717, 1.165) is 10.0 Å². The average Bonchev–Trinajstić information content (AvgIpc) is 2.53. The van der Waals surface area contributed by atoms with Crippen LogP contribution in [0, 0.1) is 6.92 Å². The van der Waals surface area contributed by atoms with Crippen LogP contribution in [0.5, 0.6) is 11.5 Å². The number of hydrogen-bond acceptors (Lipinski definition) is 4. The van der Waals surface area contributed by atoms with Crippen molar-refractivity contribution in [2.45, 2.75) is 13.8 Å². The van der Waals surface area contributed by atoms with Gasteiger partial charge in [0.05, 0.1) is 12.8 Å². The Balaban J connectivity index is 2.04. The van der Waals surface area contributed by atoms with Crippen molar-refractivity contribution in [1.29, 1.82) is 0 Å². The molecule has 2 aromatic carbocycles. The lowest BCUT2D eigenvalue weighted by molar-refractivity contribution is 0.0955. The Hall–Kier alpha value is -2.34. The molecule has 6 heteroatoms. The van der Waals surface area contributed by atoms with E-state index in [9.17, 15) is 9.90 Å². The number of rotatable bonds is 5. The molecule has 2 aromatic rings. The van der Waals surface area contributed by atoms with Gasteiger partial charge in [-0.15, -0.1) is 0 Å². The molecule has 0 radical (unpaired) electrons. The summed E-state index contributed by atoms with van der Waals surface area (Å²) in [6, 6.07) is 10.2. The molecule has 2 N–H and O–H groups in total. The van der Waals surface area contributed by atoms with E-state index >= 15 is 0 Å². The normalized spacial score (nSPS) is 10.7. The summed E-state index contributed by atoms with van der Waals surface area (Å²) in [5.41, 5.74) is 4.74. The lowest BCUT2D eigenvalue weighted by Crippen LogP contribution is -2.17. The summed E-state index contributed by atoms with van der Waals surface area (Å²) in [6.07, 6.45) is 1.49. The number of hydrazone groups is 1. The number of aromatic hydroxyl groups is 1. The minimum atomic E-state index is -0.300. The fourth-order valence-electron chi connectivity index (χ4n) is 1.85. The Kier molecular flexibility index (Phi) is 5.76. The minimum absolute atomic E-state index is 0.0672. The van der Waals surface area contributed by atoms with Crippen LogP contribution >= 0.6 is 15.9 Å². The van der Waals surface area contributed by atoms with Crippen LogP contribution in [0.3, 0.4) is 0 Å². The smallest absolute Gasteiger partial charge is 0.271 e. The Morgan fingerprint density at radius 2 is 2.13 bits per heavy atom. The van der Waals surface area contributed by atoms with Crippen molar-refractivity contribution >= 4 is 28.1 Å². The van der Waals surface area contributed by atoms with Gasteiger partial charge in [-0.2, -0.15) is 5.10 Å². The highest BCUT2D eigenvalue weighted by Crippen LogP contribution is 2.26. The Morgan fingerprint density at radius 1 is 1.35 bits per heavy atom. The van der Waals surface area contributed by atoms with E-state index in [2.05, 4.69) is 26.5 Å². The number of phenolic OH excluding ortho intramolecular Hbond substituents is 1. The van der Waals surface area contributed by atoms with Crippen LogP contribution in [0.25, 0.3) is 0 Å². The highest BCUT2D eigenvalue weighted by Gasteiger charge is 2.06. The number of nitrogens with one attached hydrogen (secondary N) is 1. The first-order valence-electron chi connectivity index (χ1n) is 7.06. The predicted octanol–water partition coefficient (Wildman–Crippen LogP) is 3.63. The van der Waals surface area contributed by atoms with Crippen LogP contribution < -0.4 is 10.2 Å². The summed E-state index contributed by atoms with van der Waals surface area (Å²) in [7, 11) is 0. The third kappa shape index (κ3) is 4.56. The summed E-state index contributed by atoms with van der Waals surface area (Å²) in [6.45, 7) is 4.23. The summed E-state index contributed by atoms with van der Waals surface area (Å²) in [4.78, 5) is 12.0. The molecule has 0 atom stereocenters. The number of carbonyl (C=O) groups is 1. The zero-order valence-electron chi connectivity index (χ0n) is 12.8. The molecule has 0 aliphatic heterocycles. The molecule has 23 heavy (non-hydrogen) atoms. The SMILES string of the molecule is CCOc1cc(C=NNC(=O)c2ccc(C)c(Br)c2)ccc1O. The largest absolute Gasteiger partial charge is 0.504 e. The Bertz CT molecular complexity index is 745. The van der Waals surface area contributed by atoms with Gasteiger partial charge in [0.15, 0.2) is 11.5 Å². The molecule has 0 saturated carbocycles. The quantitative estimate of drug-likeness (QED) is 0.618. The molecule has 5 nitrogen and oxygen atoms in total. The van der Waals surface area contributed by atoms with E-state index < -0.39 is 0 Å². The third-order valence-corrected chi connectivity index (χ3v) is 3.95. The highest BCUT2D eigenvalue weighted by atomic mass is 79.9. The first-order chi connectivity index (χ1) is 11.0. The first kappa shape index (κ1) is 17.0. The van der Waals surface area contributed by atoms with Crippen LogP contribution in [0.15, 0.2) is 46.0 Å². The van der Waals surface area contributed by atoms with Gasteiger partial charge >= 0.3 is 0 Å². The number of nitrogens with zero attached hydrogens (tertiary/aromatic N) is 1. The van der Waals surface area contributed by atoms with Crippen molar-refractivity contribution in [3.8, 4) is 11.5 Å². The highest BCUT2D eigenvalue weighted by molar-refractivity contribution is 9.10. The second-order valence-corrected chi connectivity index (χ2v) is 5.68. The molecule has 0 saturated heterocycles. The maximum atomic E-state index is 12.0. The average molecular weight is 377 g/mol. The van der Waals surface area contributed by atoms with Gasteiger partial charge in [0.25, 0.3) is 5.91 Å². The van der Waals surface area contributed by atoms with E-state index in [4.69, 9.17) is 4.74 Å². The van der Waals surface area contributed by atoms with E-state index in [1.165, 1.54) is 12.3 Å². The van der Waals surface area contributed by atoms with Crippen molar-refractivity contribution in [2.24, 2.45) is 5.10 Å². The minimum Gasteiger partial charge on any atom is -0.504 e. The third-order valence-electron chi connectivity index (χ3n) is 3.10. The fraction of sp³-hybridized carbons (Fsp3) is 0.176. The van der Waals surface area contributed by atoms with Gasteiger partial charge < -0.3 is 9.84 Å². The van der Waals surface area contributed by atoms with E-state index in [1.54, 1.807) is 24.3 Å². The number of halogens is 1. The molecule has 0 aliphatic carbocycles.